The van der Waals surface area contributed by atoms with E-state index in [0.717, 1.165) is 5.69 Å². The maximum atomic E-state index is 12.5. The van der Waals surface area contributed by atoms with Gasteiger partial charge in [-0.2, -0.15) is 10.4 Å². The SMILES string of the molecule is CCc1nn(C)cc1C(=O)C(C#N)c1cccnc1. The van der Waals surface area contributed by atoms with Gasteiger partial charge < -0.3 is 0 Å². The number of ketones is 1. The van der Waals surface area contributed by atoms with Crippen LogP contribution in [0.15, 0.2) is 30.7 Å². The number of aromatic nitrogens is 3. The lowest BCUT2D eigenvalue weighted by Crippen LogP contribution is -2.12. The average molecular weight is 254 g/mol. The van der Waals surface area contributed by atoms with Gasteiger partial charge >= 0.3 is 0 Å². The van der Waals surface area contributed by atoms with E-state index >= 15 is 0 Å². The minimum atomic E-state index is -0.830. The van der Waals surface area contributed by atoms with E-state index in [4.69, 9.17) is 0 Å². The van der Waals surface area contributed by atoms with Gasteiger partial charge in [-0.1, -0.05) is 13.0 Å². The molecule has 0 aliphatic carbocycles. The third kappa shape index (κ3) is 2.52. The first-order chi connectivity index (χ1) is 9.17. The van der Waals surface area contributed by atoms with Crippen LogP contribution in [-0.4, -0.2) is 20.5 Å². The van der Waals surface area contributed by atoms with Crippen LogP contribution in [0.4, 0.5) is 0 Å². The second kappa shape index (κ2) is 5.44. The van der Waals surface area contributed by atoms with E-state index in [1.54, 1.807) is 42.5 Å². The van der Waals surface area contributed by atoms with Crippen molar-refractivity contribution >= 4 is 5.78 Å². The molecule has 0 aliphatic rings. The van der Waals surface area contributed by atoms with E-state index in [1.807, 2.05) is 6.92 Å². The molecule has 1 atom stereocenters. The number of aryl methyl sites for hydroxylation is 2. The Labute approximate surface area is 111 Å². The summed E-state index contributed by atoms with van der Waals surface area (Å²) in [5, 5.41) is 13.5. The van der Waals surface area contributed by atoms with E-state index in [1.165, 1.54) is 0 Å². The van der Waals surface area contributed by atoms with Gasteiger partial charge in [-0.25, -0.2) is 0 Å². The van der Waals surface area contributed by atoms with Crippen molar-refractivity contribution in [2.24, 2.45) is 7.05 Å². The lowest BCUT2D eigenvalue weighted by molar-refractivity contribution is 0.0978. The highest BCUT2D eigenvalue weighted by atomic mass is 16.1. The maximum Gasteiger partial charge on any atom is 0.187 e. The molecule has 19 heavy (non-hydrogen) atoms. The molecule has 2 rings (SSSR count). The Morgan fingerprint density at radius 2 is 2.37 bits per heavy atom. The third-order valence-corrected chi connectivity index (χ3v) is 2.91. The van der Waals surface area contributed by atoms with Crippen molar-refractivity contribution in [3.05, 3.63) is 47.5 Å². The van der Waals surface area contributed by atoms with Crippen molar-refractivity contribution in [1.29, 1.82) is 5.26 Å². The molecule has 0 bridgehead atoms. The zero-order chi connectivity index (χ0) is 13.8. The molecule has 0 N–H and O–H groups in total. The van der Waals surface area contributed by atoms with Crippen LogP contribution >= 0.6 is 0 Å². The third-order valence-electron chi connectivity index (χ3n) is 2.91. The van der Waals surface area contributed by atoms with Gasteiger partial charge in [0.05, 0.1) is 17.3 Å². The van der Waals surface area contributed by atoms with E-state index in [9.17, 15) is 10.1 Å². The van der Waals surface area contributed by atoms with Crippen molar-refractivity contribution in [3.63, 3.8) is 0 Å². The predicted octanol–water partition coefficient (Wildman–Crippen LogP) is 1.87. The number of carbonyl (C=O) groups is 1. The first-order valence-corrected chi connectivity index (χ1v) is 6.03. The van der Waals surface area contributed by atoms with Crippen LogP contribution in [0.3, 0.4) is 0 Å². The van der Waals surface area contributed by atoms with Gasteiger partial charge in [-0.05, 0) is 18.1 Å². The van der Waals surface area contributed by atoms with Crippen LogP contribution in [0, 0.1) is 11.3 Å². The van der Waals surface area contributed by atoms with Crippen molar-refractivity contribution in [2.75, 3.05) is 0 Å². The zero-order valence-corrected chi connectivity index (χ0v) is 10.9. The zero-order valence-electron chi connectivity index (χ0n) is 10.9. The van der Waals surface area contributed by atoms with Gasteiger partial charge in [0, 0.05) is 25.6 Å². The van der Waals surface area contributed by atoms with Gasteiger partial charge in [-0.3, -0.25) is 14.5 Å². The first kappa shape index (κ1) is 13.0. The number of nitrogens with zero attached hydrogens (tertiary/aromatic N) is 4. The number of carbonyl (C=O) groups excluding carboxylic acids is 1. The molecule has 5 heteroatoms. The summed E-state index contributed by atoms with van der Waals surface area (Å²) in [6.07, 6.45) is 5.49. The molecule has 1 unspecified atom stereocenters. The highest BCUT2D eigenvalue weighted by Gasteiger charge is 2.25. The predicted molar refractivity (Wildman–Crippen MR) is 69.5 cm³/mol. The van der Waals surface area contributed by atoms with Crippen LogP contribution in [0.5, 0.6) is 0 Å². The summed E-state index contributed by atoms with van der Waals surface area (Å²) in [5.74, 6) is -1.05. The monoisotopic (exact) mass is 254 g/mol. The minimum Gasteiger partial charge on any atom is -0.292 e. The number of nitriles is 1. The van der Waals surface area contributed by atoms with Gasteiger partial charge in [0.15, 0.2) is 5.78 Å². The van der Waals surface area contributed by atoms with Crippen LogP contribution in [0.2, 0.25) is 0 Å². The molecule has 0 aromatic carbocycles. The first-order valence-electron chi connectivity index (χ1n) is 6.03. The summed E-state index contributed by atoms with van der Waals surface area (Å²) in [5.41, 5.74) is 1.85. The largest absolute Gasteiger partial charge is 0.292 e. The highest BCUT2D eigenvalue weighted by Crippen LogP contribution is 2.21. The van der Waals surface area contributed by atoms with Crippen molar-refractivity contribution in [1.82, 2.24) is 14.8 Å². The van der Waals surface area contributed by atoms with Crippen molar-refractivity contribution < 1.29 is 4.79 Å². The Hall–Kier alpha value is -2.48. The molecule has 0 saturated heterocycles. The quantitative estimate of drug-likeness (QED) is 0.781. The molecule has 0 radical (unpaired) electrons. The fraction of sp³-hybridized carbons (Fsp3) is 0.286. The van der Waals surface area contributed by atoms with Crippen LogP contribution in [-0.2, 0) is 13.5 Å². The Morgan fingerprint density at radius 1 is 1.58 bits per heavy atom. The second-order valence-corrected chi connectivity index (χ2v) is 4.23. The highest BCUT2D eigenvalue weighted by molar-refractivity contribution is 6.03. The summed E-state index contributed by atoms with van der Waals surface area (Å²) in [4.78, 5) is 16.4. The molecule has 0 saturated carbocycles. The fourth-order valence-electron chi connectivity index (χ4n) is 1.99. The Bertz CT molecular complexity index is 625. The summed E-state index contributed by atoms with van der Waals surface area (Å²) in [6, 6.07) is 5.51. The molecular weight excluding hydrogens is 240 g/mol. The molecule has 5 nitrogen and oxygen atoms in total. The Morgan fingerprint density at radius 3 is 2.95 bits per heavy atom. The standard InChI is InChI=1S/C14H14N4O/c1-3-13-12(9-18(2)17-13)14(19)11(7-15)10-5-4-6-16-8-10/h4-6,8-9,11H,3H2,1-2H3. The molecule has 2 aromatic rings. The molecule has 96 valence electrons. The molecule has 0 fully saturated rings. The van der Waals surface area contributed by atoms with Crippen LogP contribution < -0.4 is 0 Å². The number of hydrogen-bond donors (Lipinski definition) is 0. The van der Waals surface area contributed by atoms with Gasteiger partial charge in [-0.15, -0.1) is 0 Å². The van der Waals surface area contributed by atoms with Gasteiger partial charge in [0.25, 0.3) is 0 Å². The summed E-state index contributed by atoms with van der Waals surface area (Å²) < 4.78 is 1.60. The summed E-state index contributed by atoms with van der Waals surface area (Å²) in [7, 11) is 1.77. The smallest absolute Gasteiger partial charge is 0.187 e. The van der Waals surface area contributed by atoms with Gasteiger partial charge in [0.2, 0.25) is 0 Å². The van der Waals surface area contributed by atoms with Crippen molar-refractivity contribution in [2.45, 2.75) is 19.3 Å². The van der Waals surface area contributed by atoms with E-state index in [0.29, 0.717) is 17.5 Å². The molecule has 0 spiro atoms. The minimum absolute atomic E-state index is 0.222. The van der Waals surface area contributed by atoms with E-state index < -0.39 is 5.92 Å². The lowest BCUT2D eigenvalue weighted by Gasteiger charge is -2.07. The number of pyridine rings is 1. The average Bonchev–Trinajstić information content (AvgIpc) is 2.82. The van der Waals surface area contributed by atoms with E-state index in [2.05, 4.69) is 16.2 Å². The van der Waals surface area contributed by atoms with E-state index in [-0.39, 0.29) is 5.78 Å². The van der Waals surface area contributed by atoms with Gasteiger partial charge in [0.1, 0.15) is 5.92 Å². The number of hydrogen-bond acceptors (Lipinski definition) is 4. The number of Topliss-reactive ketones (excluding diaryl/α,β-unsaturated/α-hetero) is 1. The normalized spacial score (nSPS) is 11.8. The Kier molecular flexibility index (Phi) is 3.71. The summed E-state index contributed by atoms with van der Waals surface area (Å²) in [6.45, 7) is 1.94. The lowest BCUT2D eigenvalue weighted by atomic mass is 9.93. The number of rotatable bonds is 4. The van der Waals surface area contributed by atoms with Crippen molar-refractivity contribution in [3.8, 4) is 6.07 Å². The molecule has 2 heterocycles. The Balaban J connectivity index is 2.40. The van der Waals surface area contributed by atoms with Crippen LogP contribution in [0.1, 0.15) is 34.5 Å². The maximum absolute atomic E-state index is 12.5. The summed E-state index contributed by atoms with van der Waals surface area (Å²) >= 11 is 0. The molecule has 2 aromatic heterocycles. The van der Waals surface area contributed by atoms with Crippen LogP contribution in [0.25, 0.3) is 0 Å². The second-order valence-electron chi connectivity index (χ2n) is 4.23. The topological polar surface area (TPSA) is 71.6 Å². The molecule has 0 aliphatic heterocycles. The molecule has 0 amide bonds. The molecular formula is C14H14N4O. The fourth-order valence-corrected chi connectivity index (χ4v) is 1.99.